The second-order valence-corrected chi connectivity index (χ2v) is 8.10. The fourth-order valence-electron chi connectivity index (χ4n) is 3.93. The third-order valence-corrected chi connectivity index (χ3v) is 5.74. The molecule has 11 heteroatoms. The molecule has 1 fully saturated rings. The molecule has 0 radical (unpaired) electrons. The third-order valence-electron chi connectivity index (χ3n) is 5.74. The molecule has 8 nitrogen and oxygen atoms in total. The Kier molecular flexibility index (Phi) is 8.00. The summed E-state index contributed by atoms with van der Waals surface area (Å²) in [4.78, 5) is 24.4. The fraction of sp³-hybridized carbons (Fsp3) is 0.292. The Hall–Kier alpha value is -4.02. The molecule has 0 spiro atoms. The van der Waals surface area contributed by atoms with Crippen molar-refractivity contribution < 1.29 is 27.5 Å². The van der Waals surface area contributed by atoms with E-state index in [-0.39, 0.29) is 34.3 Å². The summed E-state index contributed by atoms with van der Waals surface area (Å²) < 4.78 is 48.1. The molecule has 35 heavy (non-hydrogen) atoms. The van der Waals surface area contributed by atoms with Crippen LogP contribution in [-0.4, -0.2) is 30.7 Å². The van der Waals surface area contributed by atoms with Crippen LogP contribution in [0.4, 0.5) is 13.2 Å². The number of hydrogen-bond acceptors (Lipinski definition) is 6. The van der Waals surface area contributed by atoms with Gasteiger partial charge in [0.2, 0.25) is 0 Å². The molecule has 0 bridgehead atoms. The Morgan fingerprint density at radius 3 is 2.29 bits per heavy atom. The largest absolute Gasteiger partial charge is 0.496 e. The van der Waals surface area contributed by atoms with Crippen molar-refractivity contribution in [1.82, 2.24) is 10.6 Å². The highest BCUT2D eigenvalue weighted by Gasteiger charge is 2.24. The Bertz CT molecular complexity index is 1170. The van der Waals surface area contributed by atoms with Crippen LogP contribution in [0, 0.1) is 22.9 Å². The van der Waals surface area contributed by atoms with E-state index >= 15 is 0 Å². The molecule has 3 rings (SSSR count). The van der Waals surface area contributed by atoms with Gasteiger partial charge in [0.05, 0.1) is 18.4 Å². The summed E-state index contributed by atoms with van der Waals surface area (Å²) in [6.45, 7) is -0.562. The first-order valence-electron chi connectivity index (χ1n) is 10.9. The van der Waals surface area contributed by atoms with Gasteiger partial charge in [0, 0.05) is 23.7 Å². The number of benzene rings is 2. The summed E-state index contributed by atoms with van der Waals surface area (Å²) in [6, 6.07) is 5.01. The van der Waals surface area contributed by atoms with Gasteiger partial charge in [-0.1, -0.05) is 12.8 Å². The van der Waals surface area contributed by atoms with Crippen molar-refractivity contribution in [3.05, 3.63) is 75.9 Å². The second-order valence-electron chi connectivity index (χ2n) is 8.10. The topological polar surface area (TPSA) is 143 Å². The lowest BCUT2D eigenvalue weighted by molar-refractivity contribution is -0.114. The van der Waals surface area contributed by atoms with Crippen LogP contribution in [0.25, 0.3) is 0 Å². The molecule has 0 heterocycles. The Balaban J connectivity index is 1.81. The summed E-state index contributed by atoms with van der Waals surface area (Å²) in [7, 11) is 1.29. The first kappa shape index (κ1) is 25.6. The molecule has 1 aliphatic carbocycles. The smallest absolute Gasteiger partial charge is 0.255 e. The maximum atomic E-state index is 14.8. The van der Waals surface area contributed by atoms with E-state index in [1.165, 1.54) is 13.2 Å². The van der Waals surface area contributed by atoms with Gasteiger partial charge in [-0.2, -0.15) is 0 Å². The number of ether oxygens (including phenoxy) is 1. The molecule has 2 amide bonds. The highest BCUT2D eigenvalue weighted by atomic mass is 19.1. The quantitative estimate of drug-likeness (QED) is 0.272. The Morgan fingerprint density at radius 1 is 1.09 bits per heavy atom. The number of halogens is 3. The number of hydrogen-bond donors (Lipinski definition) is 5. The molecule has 1 saturated carbocycles. The minimum Gasteiger partial charge on any atom is -0.496 e. The first-order valence-corrected chi connectivity index (χ1v) is 10.9. The molecule has 0 atom stereocenters. The second kappa shape index (κ2) is 10.9. The molecule has 2 aromatic rings. The molecular formula is C24H26F3N5O3. The molecule has 0 saturated heterocycles. The normalized spacial score (nSPS) is 14.3. The monoisotopic (exact) mass is 489 g/mol. The van der Waals surface area contributed by atoms with Gasteiger partial charge < -0.3 is 26.8 Å². The highest BCUT2D eigenvalue weighted by Crippen LogP contribution is 2.22. The number of carbonyl (C=O) groups excluding carboxylic acids is 2. The standard InChI is InChI=1S/C24H26F3N5O3/c1-35-19-7-6-13(25)10-15(19)24(34)31-11-16-17(26)8-12(9-18(16)27)21(28)20(23(30)33)22(29)32-14-4-2-3-5-14/h6-10,14,28,32H,2-5,11,29H2,1H3,(H2,30,33)(H,31,34)/b22-20+,28-21?. The van der Waals surface area contributed by atoms with Crippen LogP contribution >= 0.6 is 0 Å². The van der Waals surface area contributed by atoms with Gasteiger partial charge >= 0.3 is 0 Å². The summed E-state index contributed by atoms with van der Waals surface area (Å²) >= 11 is 0. The van der Waals surface area contributed by atoms with Crippen LogP contribution in [0.5, 0.6) is 5.75 Å². The number of nitrogens with two attached hydrogens (primary N) is 2. The molecule has 0 aromatic heterocycles. The fourth-order valence-corrected chi connectivity index (χ4v) is 3.93. The molecule has 2 aromatic carbocycles. The lowest BCUT2D eigenvalue weighted by atomic mass is 9.99. The minimum absolute atomic E-state index is 0.0216. The van der Waals surface area contributed by atoms with Crippen LogP contribution in [0.1, 0.15) is 47.2 Å². The number of amides is 2. The van der Waals surface area contributed by atoms with Crippen LogP contribution in [0.15, 0.2) is 41.7 Å². The van der Waals surface area contributed by atoms with Gasteiger partial charge in [-0.3, -0.25) is 15.0 Å². The van der Waals surface area contributed by atoms with Gasteiger partial charge in [0.1, 0.15) is 34.6 Å². The molecule has 186 valence electrons. The maximum Gasteiger partial charge on any atom is 0.255 e. The van der Waals surface area contributed by atoms with Crippen molar-refractivity contribution in [2.75, 3.05) is 7.11 Å². The third kappa shape index (κ3) is 5.92. The average molecular weight is 489 g/mol. The SMILES string of the molecule is COc1ccc(F)cc1C(=O)NCc1c(F)cc(C(=N)/C(C(N)=O)=C(/N)NC2CCCC2)cc1F. The van der Waals surface area contributed by atoms with Crippen LogP contribution in [0.3, 0.4) is 0 Å². The number of methoxy groups -OCH3 is 1. The molecule has 1 aliphatic rings. The van der Waals surface area contributed by atoms with Crippen molar-refractivity contribution in [2.24, 2.45) is 11.5 Å². The van der Waals surface area contributed by atoms with E-state index in [2.05, 4.69) is 10.6 Å². The van der Waals surface area contributed by atoms with Crippen molar-refractivity contribution in [1.29, 1.82) is 5.41 Å². The predicted octanol–water partition coefficient (Wildman–Crippen LogP) is 2.60. The zero-order chi connectivity index (χ0) is 25.7. The van der Waals surface area contributed by atoms with Gasteiger partial charge in [0.15, 0.2) is 0 Å². The minimum atomic E-state index is -1.07. The maximum absolute atomic E-state index is 14.8. The van der Waals surface area contributed by atoms with Crippen molar-refractivity contribution in [2.45, 2.75) is 38.3 Å². The summed E-state index contributed by atoms with van der Waals surface area (Å²) in [5.41, 5.74) is 9.55. The lowest BCUT2D eigenvalue weighted by Gasteiger charge is -2.17. The zero-order valence-corrected chi connectivity index (χ0v) is 19.0. The summed E-state index contributed by atoms with van der Waals surface area (Å²) in [5.74, 6) is -4.68. The van der Waals surface area contributed by atoms with Crippen LogP contribution in [-0.2, 0) is 11.3 Å². The van der Waals surface area contributed by atoms with Gasteiger partial charge in [-0.05, 0) is 43.2 Å². The number of nitrogens with one attached hydrogen (secondary N) is 3. The van der Waals surface area contributed by atoms with Crippen molar-refractivity contribution >= 4 is 17.5 Å². The molecular weight excluding hydrogens is 463 g/mol. The summed E-state index contributed by atoms with van der Waals surface area (Å²) in [5, 5.41) is 13.6. The highest BCUT2D eigenvalue weighted by molar-refractivity contribution is 6.26. The molecule has 0 unspecified atom stereocenters. The Labute approximate surface area is 200 Å². The van der Waals surface area contributed by atoms with E-state index in [0.29, 0.717) is 0 Å². The van der Waals surface area contributed by atoms with E-state index in [0.717, 1.165) is 49.9 Å². The van der Waals surface area contributed by atoms with Crippen LogP contribution < -0.4 is 26.8 Å². The van der Waals surface area contributed by atoms with E-state index in [4.69, 9.17) is 21.6 Å². The molecule has 0 aliphatic heterocycles. The van der Waals surface area contributed by atoms with Crippen molar-refractivity contribution in [3.8, 4) is 5.75 Å². The van der Waals surface area contributed by atoms with E-state index in [1.807, 2.05) is 0 Å². The Morgan fingerprint density at radius 2 is 1.71 bits per heavy atom. The van der Waals surface area contributed by atoms with E-state index in [9.17, 15) is 22.8 Å². The number of carbonyl (C=O) groups is 2. The number of primary amides is 1. The predicted molar refractivity (Wildman–Crippen MR) is 123 cm³/mol. The van der Waals surface area contributed by atoms with Gasteiger partial charge in [-0.25, -0.2) is 13.2 Å². The van der Waals surface area contributed by atoms with Crippen molar-refractivity contribution in [3.63, 3.8) is 0 Å². The van der Waals surface area contributed by atoms with Gasteiger partial charge in [0.25, 0.3) is 11.8 Å². The lowest BCUT2D eigenvalue weighted by Crippen LogP contribution is -2.36. The van der Waals surface area contributed by atoms with Gasteiger partial charge in [-0.15, -0.1) is 0 Å². The van der Waals surface area contributed by atoms with E-state index in [1.54, 1.807) is 0 Å². The zero-order valence-electron chi connectivity index (χ0n) is 19.0. The number of rotatable bonds is 9. The first-order chi connectivity index (χ1) is 16.6. The average Bonchev–Trinajstić information content (AvgIpc) is 3.30. The summed E-state index contributed by atoms with van der Waals surface area (Å²) in [6.07, 6.45) is 3.67. The molecule has 7 N–H and O–H groups in total. The van der Waals surface area contributed by atoms with Crippen LogP contribution in [0.2, 0.25) is 0 Å². The van der Waals surface area contributed by atoms with E-state index < -0.39 is 47.1 Å².